The molecule has 2 N–H and O–H groups in total. The van der Waals surface area contributed by atoms with E-state index in [0.29, 0.717) is 47.5 Å². The third kappa shape index (κ3) is 5.82. The Morgan fingerprint density at radius 2 is 2.08 bits per heavy atom. The van der Waals surface area contributed by atoms with E-state index in [-0.39, 0.29) is 36.5 Å². The molecule has 15 heteroatoms. The van der Waals surface area contributed by atoms with E-state index < -0.39 is 17.7 Å². The molecule has 3 aliphatic rings. The number of hydrogen-bond donors (Lipinski definition) is 2. The Labute approximate surface area is 236 Å². The van der Waals surface area contributed by atoms with Crippen LogP contribution in [0.25, 0.3) is 0 Å². The molecule has 3 atom stereocenters. The molecule has 0 radical (unpaired) electrons. The fourth-order valence-corrected chi connectivity index (χ4v) is 6.56. The number of anilines is 2. The number of amides is 1. The molecule has 0 aromatic carbocycles. The highest BCUT2D eigenvalue weighted by Crippen LogP contribution is 2.42. The van der Waals surface area contributed by atoms with Gasteiger partial charge in [0.15, 0.2) is 0 Å². The van der Waals surface area contributed by atoms with E-state index in [1.165, 1.54) is 22.1 Å². The van der Waals surface area contributed by atoms with E-state index in [4.69, 9.17) is 11.6 Å². The minimum absolute atomic E-state index is 0.0608. The number of nitrogens with one attached hydrogen (secondary N) is 2. The number of thiophene rings is 1. The predicted molar refractivity (Wildman–Crippen MR) is 140 cm³/mol. The third-order valence-corrected chi connectivity index (χ3v) is 8.90. The number of fused-ring (bicyclic) bond motifs is 1. The molecule has 3 heterocycles. The van der Waals surface area contributed by atoms with E-state index in [0.717, 1.165) is 29.7 Å². The lowest BCUT2D eigenvalue weighted by molar-refractivity contribution is -0.119. The van der Waals surface area contributed by atoms with Gasteiger partial charge in [-0.25, -0.2) is 9.07 Å². The molecule has 2 fully saturated rings. The fraction of sp³-hybridized carbons (Fsp3) is 0.560. The first-order valence-corrected chi connectivity index (χ1v) is 14.3. The highest BCUT2D eigenvalue weighted by atomic mass is 35.5. The standard InChI is InChI=1S/C25H27ClF3N7O3S/c1-35-20(9-21(34-35)39-25(26,28)29)32-24-33-31-11-36(24)13-4-5-18-15(6-13)22(23(38)30-10-12-2-3-12)19(40-18)8-17(37)14-7-16(14)27/h9,11-14,16H,2-8,10H2,1H3,(H,30,38)(H,32,33)/t13-,14-,16+/m0/s1. The number of nitrogens with zero attached hydrogens (tertiary/aromatic N) is 5. The van der Waals surface area contributed by atoms with Crippen LogP contribution in [0.1, 0.15) is 57.4 Å². The average Bonchev–Trinajstić information content (AvgIpc) is 3.73. The molecule has 0 unspecified atom stereocenters. The van der Waals surface area contributed by atoms with Gasteiger partial charge in [-0.05, 0) is 50.0 Å². The number of carbonyl (C=O) groups excluding carboxylic acids is 2. The lowest BCUT2D eigenvalue weighted by atomic mass is 9.90. The number of aryl methyl sites for hydroxylation is 2. The molecule has 3 aliphatic carbocycles. The number of rotatable bonds is 11. The van der Waals surface area contributed by atoms with Gasteiger partial charge in [-0.3, -0.25) is 14.2 Å². The minimum atomic E-state index is -3.90. The fourth-order valence-electron chi connectivity index (χ4n) is 5.12. The van der Waals surface area contributed by atoms with Gasteiger partial charge in [-0.15, -0.1) is 35.4 Å². The van der Waals surface area contributed by atoms with Crippen LogP contribution in [-0.4, -0.2) is 54.5 Å². The van der Waals surface area contributed by atoms with E-state index >= 15 is 0 Å². The van der Waals surface area contributed by atoms with Gasteiger partial charge in [-0.2, -0.15) is 0 Å². The van der Waals surface area contributed by atoms with Crippen LogP contribution < -0.4 is 15.4 Å². The first kappa shape index (κ1) is 27.1. The predicted octanol–water partition coefficient (Wildman–Crippen LogP) is 4.32. The van der Waals surface area contributed by atoms with Crippen molar-refractivity contribution in [3.8, 4) is 5.88 Å². The van der Waals surface area contributed by atoms with Crippen molar-refractivity contribution in [1.29, 1.82) is 0 Å². The molecule has 0 aliphatic heterocycles. The summed E-state index contributed by atoms with van der Waals surface area (Å²) < 4.78 is 47.1. The number of carbonyl (C=O) groups is 2. The van der Waals surface area contributed by atoms with Crippen LogP contribution in [0.5, 0.6) is 5.88 Å². The monoisotopic (exact) mass is 597 g/mol. The quantitative estimate of drug-likeness (QED) is 0.316. The SMILES string of the molecule is Cn1nc(OC(F)(F)Cl)cc1Nc1nncn1[C@H]1CCc2sc(CC(=O)[C@H]3C[C@H]3F)c(C(=O)NCC3CC3)c2C1. The van der Waals surface area contributed by atoms with Gasteiger partial charge in [0.25, 0.3) is 5.91 Å². The van der Waals surface area contributed by atoms with Crippen molar-refractivity contribution >= 4 is 46.4 Å². The minimum Gasteiger partial charge on any atom is -0.400 e. The van der Waals surface area contributed by atoms with Gasteiger partial charge in [0.05, 0.1) is 11.5 Å². The van der Waals surface area contributed by atoms with Crippen LogP contribution in [0.4, 0.5) is 24.9 Å². The van der Waals surface area contributed by atoms with E-state index in [1.54, 1.807) is 13.4 Å². The van der Waals surface area contributed by atoms with Crippen LogP contribution in [0.15, 0.2) is 12.4 Å². The summed E-state index contributed by atoms with van der Waals surface area (Å²) in [5.74, 6) is -0.108. The van der Waals surface area contributed by atoms with Crippen molar-refractivity contribution in [2.75, 3.05) is 11.9 Å². The Morgan fingerprint density at radius 3 is 2.77 bits per heavy atom. The van der Waals surface area contributed by atoms with Crippen LogP contribution in [0.3, 0.4) is 0 Å². The summed E-state index contributed by atoms with van der Waals surface area (Å²) in [6, 6.07) is 1.15. The summed E-state index contributed by atoms with van der Waals surface area (Å²) in [5.41, 5.74) is -2.47. The topological polar surface area (TPSA) is 116 Å². The normalized spacial score (nSPS) is 22.1. The molecule has 6 rings (SSSR count). The summed E-state index contributed by atoms with van der Waals surface area (Å²) in [7, 11) is 1.54. The summed E-state index contributed by atoms with van der Waals surface area (Å²) in [6.07, 6.45) is 4.92. The highest BCUT2D eigenvalue weighted by molar-refractivity contribution is 7.12. The van der Waals surface area contributed by atoms with Crippen molar-refractivity contribution in [2.45, 2.75) is 62.7 Å². The Hall–Kier alpha value is -3.13. The molecule has 0 bridgehead atoms. The molecule has 214 valence electrons. The third-order valence-electron chi connectivity index (χ3n) is 7.53. The molecule has 1 amide bonds. The Morgan fingerprint density at radius 1 is 1.30 bits per heavy atom. The van der Waals surface area contributed by atoms with E-state index in [9.17, 15) is 22.8 Å². The summed E-state index contributed by atoms with van der Waals surface area (Å²) in [6.45, 7) is 0.598. The first-order chi connectivity index (χ1) is 19.1. The number of halogens is 4. The zero-order valence-electron chi connectivity index (χ0n) is 21.5. The summed E-state index contributed by atoms with van der Waals surface area (Å²) in [5, 5.41) is 18.1. The van der Waals surface area contributed by atoms with Crippen LogP contribution in [-0.2, 0) is 31.1 Å². The molecule has 3 aromatic rings. The van der Waals surface area contributed by atoms with Crippen molar-refractivity contribution in [1.82, 2.24) is 29.9 Å². The lowest BCUT2D eigenvalue weighted by Crippen LogP contribution is -2.28. The van der Waals surface area contributed by atoms with Crippen molar-refractivity contribution < 1.29 is 27.5 Å². The number of ketones is 1. The average molecular weight is 598 g/mol. The highest BCUT2D eigenvalue weighted by Gasteiger charge is 2.44. The number of ether oxygens (including phenoxy) is 1. The van der Waals surface area contributed by atoms with Gasteiger partial charge in [0, 0.05) is 53.5 Å². The molecule has 10 nitrogen and oxygen atoms in total. The second kappa shape index (κ2) is 10.4. The van der Waals surface area contributed by atoms with Gasteiger partial charge in [0.1, 0.15) is 24.1 Å². The molecule has 3 aromatic heterocycles. The second-order valence-electron chi connectivity index (χ2n) is 10.6. The van der Waals surface area contributed by atoms with Crippen LogP contribution >= 0.6 is 22.9 Å². The smallest absolute Gasteiger partial charge is 0.400 e. The molecule has 40 heavy (non-hydrogen) atoms. The number of hydrogen-bond acceptors (Lipinski definition) is 8. The van der Waals surface area contributed by atoms with Crippen LogP contribution in [0.2, 0.25) is 0 Å². The van der Waals surface area contributed by atoms with Gasteiger partial charge < -0.3 is 15.4 Å². The maximum absolute atomic E-state index is 13.6. The Bertz CT molecular complexity index is 1450. The summed E-state index contributed by atoms with van der Waals surface area (Å²) in [4.78, 5) is 27.8. The second-order valence-corrected chi connectivity index (χ2v) is 12.2. The Kier molecular flexibility index (Phi) is 7.01. The maximum atomic E-state index is 13.6. The van der Waals surface area contributed by atoms with Gasteiger partial charge in [0.2, 0.25) is 11.8 Å². The molecule has 2 saturated carbocycles. The van der Waals surface area contributed by atoms with Gasteiger partial charge >= 0.3 is 5.57 Å². The number of aromatic nitrogens is 5. The van der Waals surface area contributed by atoms with Gasteiger partial charge in [-0.1, -0.05) is 0 Å². The van der Waals surface area contributed by atoms with Crippen molar-refractivity contribution in [2.24, 2.45) is 18.9 Å². The van der Waals surface area contributed by atoms with Crippen molar-refractivity contribution in [3.05, 3.63) is 33.3 Å². The molecule has 0 spiro atoms. The van der Waals surface area contributed by atoms with E-state index in [2.05, 4.69) is 30.7 Å². The summed E-state index contributed by atoms with van der Waals surface area (Å²) >= 11 is 6.33. The van der Waals surface area contributed by atoms with Crippen LogP contribution in [0, 0.1) is 11.8 Å². The number of alkyl halides is 4. The lowest BCUT2D eigenvalue weighted by Gasteiger charge is -2.25. The first-order valence-electron chi connectivity index (χ1n) is 13.1. The molecular weight excluding hydrogens is 571 g/mol. The largest absolute Gasteiger partial charge is 0.488 e. The van der Waals surface area contributed by atoms with Crippen molar-refractivity contribution in [3.63, 3.8) is 0 Å². The van der Waals surface area contributed by atoms with E-state index in [1.807, 2.05) is 4.57 Å². The zero-order chi connectivity index (χ0) is 28.2. The zero-order valence-corrected chi connectivity index (χ0v) is 23.1. The molecule has 0 saturated heterocycles. The maximum Gasteiger partial charge on any atom is 0.488 e. The number of Topliss-reactive ketones (excluding diaryl/α,β-unsaturated/α-hetero) is 1. The molecular formula is C25H27ClF3N7O3S. The Balaban J connectivity index is 1.24.